The van der Waals surface area contributed by atoms with Crippen LogP contribution in [0.25, 0.3) is 0 Å². The molecule has 0 amide bonds. The van der Waals surface area contributed by atoms with Crippen molar-refractivity contribution in [2.75, 3.05) is 19.6 Å². The van der Waals surface area contributed by atoms with Gasteiger partial charge in [0.05, 0.1) is 5.92 Å². The minimum atomic E-state index is -0.778. The zero-order valence-corrected chi connectivity index (χ0v) is 11.5. The topological polar surface area (TPSA) is 95.4 Å². The maximum absolute atomic E-state index is 11.7. The number of H-pyrrole nitrogens is 1. The zero-order valence-electron chi connectivity index (χ0n) is 11.5. The molecule has 110 valence electrons. The fourth-order valence-corrected chi connectivity index (χ4v) is 2.55. The summed E-state index contributed by atoms with van der Waals surface area (Å²) in [5, 5.41) is 9.02. The number of aliphatic carboxylic acids is 1. The monoisotopic (exact) mass is 281 g/mol. The van der Waals surface area contributed by atoms with Crippen molar-refractivity contribution >= 4 is 5.97 Å². The van der Waals surface area contributed by atoms with Gasteiger partial charge in [-0.25, -0.2) is 4.79 Å². The average Bonchev–Trinajstić information content (AvgIpc) is 2.37. The zero-order chi connectivity index (χ0) is 14.7. The predicted molar refractivity (Wildman–Crippen MR) is 72.9 cm³/mol. The molecule has 0 radical (unpaired) electrons. The van der Waals surface area contributed by atoms with Gasteiger partial charge in [0.1, 0.15) is 0 Å². The number of rotatable bonds is 4. The van der Waals surface area contributed by atoms with Gasteiger partial charge in [-0.1, -0.05) is 0 Å². The predicted octanol–water partition coefficient (Wildman–Crippen LogP) is -0.358. The van der Waals surface area contributed by atoms with Gasteiger partial charge in [-0.2, -0.15) is 0 Å². The van der Waals surface area contributed by atoms with Gasteiger partial charge in [0.2, 0.25) is 0 Å². The SMILES string of the molecule is Cc1cc(=O)n(CCN2CCC[C@H](C(=O)O)C2)c(=O)[nH]1. The molecule has 2 N–H and O–H groups in total. The smallest absolute Gasteiger partial charge is 0.328 e. The van der Waals surface area contributed by atoms with E-state index in [1.54, 1.807) is 6.92 Å². The van der Waals surface area contributed by atoms with Crippen molar-refractivity contribution in [1.82, 2.24) is 14.5 Å². The van der Waals surface area contributed by atoms with E-state index in [4.69, 9.17) is 5.11 Å². The maximum atomic E-state index is 11.7. The number of nitrogens with one attached hydrogen (secondary N) is 1. The first-order chi connectivity index (χ1) is 9.47. The summed E-state index contributed by atoms with van der Waals surface area (Å²) in [4.78, 5) is 39.0. The van der Waals surface area contributed by atoms with Gasteiger partial charge in [0.15, 0.2) is 0 Å². The Morgan fingerprint density at radius 2 is 2.20 bits per heavy atom. The molecule has 2 rings (SSSR count). The van der Waals surface area contributed by atoms with Crippen LogP contribution in [0.5, 0.6) is 0 Å². The molecule has 7 heteroatoms. The highest BCUT2D eigenvalue weighted by atomic mass is 16.4. The quantitative estimate of drug-likeness (QED) is 0.786. The lowest BCUT2D eigenvalue weighted by molar-refractivity contribution is -0.143. The number of hydrogen-bond acceptors (Lipinski definition) is 4. The fourth-order valence-electron chi connectivity index (χ4n) is 2.55. The molecule has 0 saturated carbocycles. The van der Waals surface area contributed by atoms with E-state index in [1.807, 2.05) is 4.90 Å². The number of carboxylic acid groups (broad SMARTS) is 1. The second-order valence-electron chi connectivity index (χ2n) is 5.23. The van der Waals surface area contributed by atoms with Crippen molar-refractivity contribution < 1.29 is 9.90 Å². The van der Waals surface area contributed by atoms with Crippen LogP contribution in [0.3, 0.4) is 0 Å². The number of aromatic amines is 1. The maximum Gasteiger partial charge on any atom is 0.328 e. The first-order valence-corrected chi connectivity index (χ1v) is 6.73. The van der Waals surface area contributed by atoms with E-state index >= 15 is 0 Å². The Labute approximate surface area is 115 Å². The van der Waals surface area contributed by atoms with Crippen molar-refractivity contribution in [3.63, 3.8) is 0 Å². The van der Waals surface area contributed by atoms with Crippen LogP contribution < -0.4 is 11.2 Å². The van der Waals surface area contributed by atoms with Crippen LogP contribution in [0.15, 0.2) is 15.7 Å². The van der Waals surface area contributed by atoms with Gasteiger partial charge in [0.25, 0.3) is 5.56 Å². The molecule has 2 heterocycles. The van der Waals surface area contributed by atoms with Crippen molar-refractivity contribution in [2.24, 2.45) is 5.92 Å². The van der Waals surface area contributed by atoms with Gasteiger partial charge in [0, 0.05) is 31.4 Å². The number of aromatic nitrogens is 2. The molecule has 1 aliphatic heterocycles. The van der Waals surface area contributed by atoms with Crippen LogP contribution in [-0.2, 0) is 11.3 Å². The summed E-state index contributed by atoms with van der Waals surface area (Å²) in [5.74, 6) is -1.13. The van der Waals surface area contributed by atoms with Gasteiger partial charge >= 0.3 is 11.7 Å². The molecule has 0 aromatic carbocycles. The van der Waals surface area contributed by atoms with Gasteiger partial charge in [-0.3, -0.25) is 14.2 Å². The van der Waals surface area contributed by atoms with Crippen LogP contribution in [0, 0.1) is 12.8 Å². The molecule has 1 atom stereocenters. The molecule has 0 spiro atoms. The molecule has 1 fully saturated rings. The Bertz CT molecular complexity index is 573. The number of nitrogens with zero attached hydrogens (tertiary/aromatic N) is 2. The Balaban J connectivity index is 2.01. The van der Waals surface area contributed by atoms with Crippen molar-refractivity contribution in [2.45, 2.75) is 26.3 Å². The number of likely N-dealkylation sites (tertiary alicyclic amines) is 1. The third-order valence-electron chi connectivity index (χ3n) is 3.65. The van der Waals surface area contributed by atoms with Crippen molar-refractivity contribution in [1.29, 1.82) is 0 Å². The van der Waals surface area contributed by atoms with E-state index < -0.39 is 11.7 Å². The molecular weight excluding hydrogens is 262 g/mol. The van der Waals surface area contributed by atoms with E-state index in [0.29, 0.717) is 25.2 Å². The van der Waals surface area contributed by atoms with Crippen LogP contribution >= 0.6 is 0 Å². The summed E-state index contributed by atoms with van der Waals surface area (Å²) < 4.78 is 1.15. The fraction of sp³-hybridized carbons (Fsp3) is 0.615. The van der Waals surface area contributed by atoms with Crippen LogP contribution in [0.2, 0.25) is 0 Å². The minimum absolute atomic E-state index is 0.279. The van der Waals surface area contributed by atoms with E-state index in [9.17, 15) is 14.4 Å². The highest BCUT2D eigenvalue weighted by molar-refractivity contribution is 5.70. The van der Waals surface area contributed by atoms with E-state index in [1.165, 1.54) is 6.07 Å². The van der Waals surface area contributed by atoms with Gasteiger partial charge in [-0.05, 0) is 26.3 Å². The van der Waals surface area contributed by atoms with Crippen molar-refractivity contribution in [3.05, 3.63) is 32.6 Å². The number of piperidine rings is 1. The Morgan fingerprint density at radius 3 is 2.85 bits per heavy atom. The van der Waals surface area contributed by atoms with Gasteiger partial charge in [-0.15, -0.1) is 0 Å². The Hall–Kier alpha value is -1.89. The molecule has 20 heavy (non-hydrogen) atoms. The second kappa shape index (κ2) is 6.04. The molecule has 1 saturated heterocycles. The highest BCUT2D eigenvalue weighted by Crippen LogP contribution is 2.16. The summed E-state index contributed by atoms with van der Waals surface area (Å²) in [5.41, 5.74) is -0.194. The van der Waals surface area contributed by atoms with Gasteiger partial charge < -0.3 is 15.0 Å². The van der Waals surface area contributed by atoms with E-state index in [0.717, 1.165) is 17.5 Å². The van der Waals surface area contributed by atoms with Crippen LogP contribution in [-0.4, -0.2) is 45.2 Å². The van der Waals surface area contributed by atoms with Crippen LogP contribution in [0.4, 0.5) is 0 Å². The lowest BCUT2D eigenvalue weighted by atomic mass is 9.98. The molecule has 0 bridgehead atoms. The molecule has 0 aliphatic carbocycles. The number of hydrogen-bond donors (Lipinski definition) is 2. The normalized spacial score (nSPS) is 19.9. The first-order valence-electron chi connectivity index (χ1n) is 6.73. The largest absolute Gasteiger partial charge is 0.481 e. The molecular formula is C13H19N3O4. The lowest BCUT2D eigenvalue weighted by Crippen LogP contribution is -2.43. The molecule has 1 aliphatic rings. The summed E-state index contributed by atoms with van der Waals surface area (Å²) in [6.07, 6.45) is 1.52. The molecule has 7 nitrogen and oxygen atoms in total. The Kier molecular flexibility index (Phi) is 4.39. The third-order valence-corrected chi connectivity index (χ3v) is 3.65. The summed E-state index contributed by atoms with van der Waals surface area (Å²) >= 11 is 0. The molecule has 1 aromatic heterocycles. The average molecular weight is 281 g/mol. The third kappa shape index (κ3) is 3.36. The Morgan fingerprint density at radius 1 is 1.45 bits per heavy atom. The minimum Gasteiger partial charge on any atom is -0.481 e. The lowest BCUT2D eigenvalue weighted by Gasteiger charge is -2.30. The van der Waals surface area contributed by atoms with E-state index in [2.05, 4.69) is 4.98 Å². The second-order valence-corrected chi connectivity index (χ2v) is 5.23. The molecule has 0 unspecified atom stereocenters. The first kappa shape index (κ1) is 14.5. The highest BCUT2D eigenvalue weighted by Gasteiger charge is 2.25. The summed E-state index contributed by atoms with van der Waals surface area (Å²) in [6.45, 7) is 3.74. The molecule has 1 aromatic rings. The standard InChI is InChI=1S/C13H19N3O4/c1-9-7-11(17)16(13(20)14-9)6-5-15-4-2-3-10(8-15)12(18)19/h7,10H,2-6,8H2,1H3,(H,14,20)(H,18,19)/t10-/m0/s1. The summed E-state index contributed by atoms with van der Waals surface area (Å²) in [7, 11) is 0. The van der Waals surface area contributed by atoms with Crippen LogP contribution in [0.1, 0.15) is 18.5 Å². The number of carbonyl (C=O) groups is 1. The van der Waals surface area contributed by atoms with Crippen molar-refractivity contribution in [3.8, 4) is 0 Å². The number of carboxylic acids is 1. The number of aryl methyl sites for hydroxylation is 1. The summed E-state index contributed by atoms with van der Waals surface area (Å²) in [6, 6.07) is 1.39. The van der Waals surface area contributed by atoms with E-state index in [-0.39, 0.29) is 18.0 Å².